The summed E-state index contributed by atoms with van der Waals surface area (Å²) >= 11 is 1.11. The molecule has 0 amide bonds. The van der Waals surface area contributed by atoms with E-state index in [-0.39, 0.29) is 22.6 Å². The largest absolute Gasteiger partial charge is 0.497 e. The summed E-state index contributed by atoms with van der Waals surface area (Å²) in [7, 11) is 1.59. The third-order valence-corrected chi connectivity index (χ3v) is 7.81. The summed E-state index contributed by atoms with van der Waals surface area (Å²) in [5.74, 6) is 2.03. The van der Waals surface area contributed by atoms with Crippen molar-refractivity contribution >= 4 is 22.4 Å². The van der Waals surface area contributed by atoms with Gasteiger partial charge in [-0.1, -0.05) is 41.7 Å². The number of hydrogen-bond acceptors (Lipinski definition) is 9. The van der Waals surface area contributed by atoms with Crippen molar-refractivity contribution in [3.05, 3.63) is 121 Å². The van der Waals surface area contributed by atoms with Crippen LogP contribution in [0.25, 0.3) is 28.0 Å². The minimum atomic E-state index is -0.465. The number of methoxy groups -OCH3 is 1. The van der Waals surface area contributed by atoms with E-state index in [1.54, 1.807) is 17.9 Å². The number of hydrogen-bond donors (Lipinski definition) is 0. The first-order valence-electron chi connectivity index (χ1n) is 13.2. The summed E-state index contributed by atoms with van der Waals surface area (Å²) in [5, 5.41) is 9.25. The summed E-state index contributed by atoms with van der Waals surface area (Å²) in [6.45, 7) is 0.966. The van der Waals surface area contributed by atoms with E-state index in [1.807, 2.05) is 79.0 Å². The van der Waals surface area contributed by atoms with E-state index in [0.717, 1.165) is 28.2 Å². The Morgan fingerprint density at radius 3 is 2.52 bits per heavy atom. The van der Waals surface area contributed by atoms with Gasteiger partial charge in [-0.2, -0.15) is 19.7 Å². The van der Waals surface area contributed by atoms with Crippen LogP contribution >= 0.6 is 11.3 Å². The molecule has 6 aromatic rings. The maximum absolute atomic E-state index is 13.5. The van der Waals surface area contributed by atoms with Gasteiger partial charge in [-0.15, -0.1) is 0 Å². The van der Waals surface area contributed by atoms with Crippen molar-refractivity contribution in [3.63, 3.8) is 0 Å². The lowest BCUT2D eigenvalue weighted by molar-refractivity contribution is 0.171. The van der Waals surface area contributed by atoms with Gasteiger partial charge in [-0.25, -0.2) is 4.68 Å². The molecule has 3 aromatic carbocycles. The zero-order chi connectivity index (χ0) is 28.6. The van der Waals surface area contributed by atoms with Crippen molar-refractivity contribution < 1.29 is 14.2 Å². The number of fused-ring (bicyclic) bond motifs is 2. The second-order valence-corrected chi connectivity index (χ2v) is 10.6. The van der Waals surface area contributed by atoms with E-state index in [2.05, 4.69) is 10.1 Å². The average molecular weight is 578 g/mol. The summed E-state index contributed by atoms with van der Waals surface area (Å²) in [5.41, 5.74) is 3.25. The number of thiazole rings is 1. The highest BCUT2D eigenvalue weighted by molar-refractivity contribution is 7.15. The molecule has 208 valence electrons. The minimum absolute atomic E-state index is 0.188. The second kappa shape index (κ2) is 10.6. The first-order chi connectivity index (χ1) is 20.6. The van der Waals surface area contributed by atoms with Gasteiger partial charge in [0, 0.05) is 23.7 Å². The van der Waals surface area contributed by atoms with Crippen molar-refractivity contribution in [1.29, 1.82) is 0 Å². The van der Waals surface area contributed by atoms with Crippen molar-refractivity contribution in [2.45, 2.75) is 6.42 Å². The summed E-state index contributed by atoms with van der Waals surface area (Å²) in [4.78, 5) is 30.7. The maximum atomic E-state index is 13.5. The fraction of sp³-hybridized carbons (Fsp3) is 0.129. The minimum Gasteiger partial charge on any atom is -0.497 e. The third-order valence-electron chi connectivity index (χ3n) is 6.85. The van der Waals surface area contributed by atoms with Gasteiger partial charge in [0.05, 0.1) is 17.3 Å². The van der Waals surface area contributed by atoms with E-state index >= 15 is 0 Å². The first-order valence-corrected chi connectivity index (χ1v) is 14.0. The lowest BCUT2D eigenvalue weighted by Gasteiger charge is -2.18. The molecule has 1 aliphatic heterocycles. The van der Waals surface area contributed by atoms with Crippen molar-refractivity contribution in [2.24, 2.45) is 0 Å². The number of rotatable bonds is 6. The van der Waals surface area contributed by atoms with Gasteiger partial charge >= 0.3 is 0 Å². The Labute approximate surface area is 242 Å². The summed E-state index contributed by atoms with van der Waals surface area (Å²) in [6, 6.07) is 22.7. The van der Waals surface area contributed by atoms with Gasteiger partial charge in [0.25, 0.3) is 11.1 Å². The average Bonchev–Trinajstić information content (AvgIpc) is 3.58. The van der Waals surface area contributed by atoms with Gasteiger partial charge in [-0.3, -0.25) is 9.59 Å². The Hall–Kier alpha value is -5.29. The zero-order valence-electron chi connectivity index (χ0n) is 22.4. The molecule has 0 fully saturated rings. The Morgan fingerprint density at radius 1 is 0.952 bits per heavy atom. The molecule has 4 heterocycles. The molecule has 0 N–H and O–H groups in total. The predicted octanol–water partition coefficient (Wildman–Crippen LogP) is 3.28. The SMILES string of the molecule is COc1ccc(Cc2nn3c(=O)c(=Cc4cn(-c5ccccc5)nc4-c4ccc5c(c4)OCCO5)sc3nc2=O)cc1. The zero-order valence-corrected chi connectivity index (χ0v) is 23.2. The quantitative estimate of drug-likeness (QED) is 0.297. The van der Waals surface area contributed by atoms with E-state index in [4.69, 9.17) is 19.3 Å². The lowest BCUT2D eigenvalue weighted by atomic mass is 10.1. The van der Waals surface area contributed by atoms with Crippen LogP contribution in [0.3, 0.4) is 0 Å². The highest BCUT2D eigenvalue weighted by atomic mass is 32.1. The molecule has 1 aliphatic rings. The van der Waals surface area contributed by atoms with Crippen LogP contribution in [-0.4, -0.2) is 44.7 Å². The predicted molar refractivity (Wildman–Crippen MR) is 158 cm³/mol. The van der Waals surface area contributed by atoms with Crippen LogP contribution in [0.4, 0.5) is 0 Å². The van der Waals surface area contributed by atoms with Crippen molar-refractivity contribution in [3.8, 4) is 34.2 Å². The molecule has 0 radical (unpaired) electrons. The van der Waals surface area contributed by atoms with Crippen LogP contribution in [0.1, 0.15) is 16.8 Å². The molecule has 11 heteroatoms. The van der Waals surface area contributed by atoms with E-state index in [1.165, 1.54) is 4.52 Å². The number of aromatic nitrogens is 5. The third kappa shape index (κ3) is 4.79. The Bertz CT molecular complexity index is 2100. The van der Waals surface area contributed by atoms with Crippen LogP contribution in [0.2, 0.25) is 0 Å². The first kappa shape index (κ1) is 25.7. The van der Waals surface area contributed by atoms with Gasteiger partial charge in [0.2, 0.25) is 4.96 Å². The molecular formula is C31H23N5O5S. The standard InChI is InChI=1S/C31H23N5O5S/c1-39-23-10-7-19(8-11-23)15-24-29(37)32-31-36(33-24)30(38)27(42-31)17-21-18-35(22-5-3-2-4-6-22)34-28(21)20-9-12-25-26(16-20)41-14-13-40-25/h2-12,16-18H,13-15H2,1H3. The van der Waals surface area contributed by atoms with Gasteiger partial charge in [0.15, 0.2) is 11.5 Å². The van der Waals surface area contributed by atoms with Crippen LogP contribution in [0, 0.1) is 0 Å². The second-order valence-electron chi connectivity index (χ2n) is 9.57. The highest BCUT2D eigenvalue weighted by Gasteiger charge is 2.18. The number of para-hydroxylation sites is 1. The molecule has 0 saturated carbocycles. The monoisotopic (exact) mass is 577 g/mol. The van der Waals surface area contributed by atoms with Crippen molar-refractivity contribution in [1.82, 2.24) is 24.4 Å². The Morgan fingerprint density at radius 2 is 1.74 bits per heavy atom. The number of nitrogens with zero attached hydrogens (tertiary/aromatic N) is 5. The lowest BCUT2D eigenvalue weighted by Crippen LogP contribution is -2.28. The smallest absolute Gasteiger partial charge is 0.296 e. The Kier molecular flexibility index (Phi) is 6.48. The van der Waals surface area contributed by atoms with Gasteiger partial charge in [0.1, 0.15) is 30.4 Å². The molecule has 0 aliphatic carbocycles. The molecule has 3 aromatic heterocycles. The molecule has 10 nitrogen and oxygen atoms in total. The molecule has 42 heavy (non-hydrogen) atoms. The molecular weight excluding hydrogens is 554 g/mol. The molecule has 0 bridgehead atoms. The number of ether oxygens (including phenoxy) is 3. The van der Waals surface area contributed by atoms with Gasteiger partial charge < -0.3 is 14.2 Å². The molecule has 0 atom stereocenters. The normalized spacial score (nSPS) is 13.0. The maximum Gasteiger partial charge on any atom is 0.296 e. The topological polar surface area (TPSA) is 110 Å². The van der Waals surface area contributed by atoms with Crippen LogP contribution in [0.15, 0.2) is 88.6 Å². The van der Waals surface area contributed by atoms with Crippen LogP contribution < -0.4 is 29.9 Å². The Balaban J connectivity index is 1.33. The van der Waals surface area contributed by atoms with Gasteiger partial charge in [-0.05, 0) is 54.1 Å². The number of benzene rings is 3. The summed E-state index contributed by atoms with van der Waals surface area (Å²) in [6.07, 6.45) is 3.87. The molecule has 0 unspecified atom stereocenters. The molecule has 0 saturated heterocycles. The van der Waals surface area contributed by atoms with Crippen LogP contribution in [-0.2, 0) is 6.42 Å². The fourth-order valence-corrected chi connectivity index (χ4v) is 5.65. The van der Waals surface area contributed by atoms with E-state index in [9.17, 15) is 9.59 Å². The van der Waals surface area contributed by atoms with E-state index < -0.39 is 5.56 Å². The molecule has 7 rings (SSSR count). The highest BCUT2D eigenvalue weighted by Crippen LogP contribution is 2.35. The van der Waals surface area contributed by atoms with Crippen LogP contribution in [0.5, 0.6) is 17.2 Å². The van der Waals surface area contributed by atoms with E-state index in [0.29, 0.717) is 46.3 Å². The summed E-state index contributed by atoms with van der Waals surface area (Å²) < 4.78 is 20.0. The molecule has 0 spiro atoms. The fourth-order valence-electron chi connectivity index (χ4n) is 4.75. The van der Waals surface area contributed by atoms with Crippen molar-refractivity contribution in [2.75, 3.05) is 20.3 Å².